The molecule has 0 radical (unpaired) electrons. The predicted molar refractivity (Wildman–Crippen MR) is 110 cm³/mol. The number of urea groups is 1. The van der Waals surface area contributed by atoms with Gasteiger partial charge in [0.2, 0.25) is 5.95 Å². The van der Waals surface area contributed by atoms with Gasteiger partial charge in [-0.15, -0.1) is 0 Å². The lowest BCUT2D eigenvalue weighted by molar-refractivity contribution is -0.149. The summed E-state index contributed by atoms with van der Waals surface area (Å²) < 4.78 is 38.6. The molecule has 1 aromatic carbocycles. The normalized spacial score (nSPS) is 15.8. The molecule has 1 aliphatic heterocycles. The Morgan fingerprint density at radius 2 is 2.06 bits per heavy atom. The van der Waals surface area contributed by atoms with Gasteiger partial charge in [0, 0.05) is 12.7 Å². The molecular formula is C19H20Cl2F3N5O2. The first-order valence-electron chi connectivity index (χ1n) is 9.37. The molecule has 0 aliphatic carbocycles. The molecule has 2 unspecified atom stereocenters. The van der Waals surface area contributed by atoms with E-state index in [4.69, 9.17) is 28.3 Å². The minimum atomic E-state index is -4.65. The van der Waals surface area contributed by atoms with Crippen LogP contribution in [0.5, 0.6) is 0 Å². The molecule has 2 heterocycles. The van der Waals surface area contributed by atoms with Gasteiger partial charge in [0.05, 0.1) is 34.9 Å². The molecule has 7 nitrogen and oxygen atoms in total. The van der Waals surface area contributed by atoms with Crippen molar-refractivity contribution in [2.75, 3.05) is 18.5 Å². The van der Waals surface area contributed by atoms with Crippen LogP contribution in [0.2, 0.25) is 10.0 Å². The predicted octanol–water partition coefficient (Wildman–Crippen LogP) is 3.95. The number of hydrogen-bond acceptors (Lipinski definition) is 5. The minimum Gasteiger partial charge on any atom is -0.394 e. The van der Waals surface area contributed by atoms with E-state index in [1.807, 2.05) is 0 Å². The molecule has 0 fully saturated rings. The maximum absolute atomic E-state index is 12.9. The van der Waals surface area contributed by atoms with Crippen LogP contribution in [0.1, 0.15) is 29.8 Å². The highest BCUT2D eigenvalue weighted by atomic mass is 35.5. The second-order valence-corrected chi connectivity index (χ2v) is 7.92. The van der Waals surface area contributed by atoms with E-state index in [0.717, 1.165) is 11.1 Å². The maximum Gasteiger partial charge on any atom is 0.410 e. The van der Waals surface area contributed by atoms with Crippen LogP contribution in [-0.4, -0.2) is 51.4 Å². The Morgan fingerprint density at radius 1 is 1.32 bits per heavy atom. The lowest BCUT2D eigenvalue weighted by Gasteiger charge is -2.30. The molecule has 2 atom stereocenters. The molecule has 2 aromatic rings. The lowest BCUT2D eigenvalue weighted by Crippen LogP contribution is -2.44. The zero-order valence-electron chi connectivity index (χ0n) is 16.4. The summed E-state index contributed by atoms with van der Waals surface area (Å²) in [7, 11) is 0. The number of benzene rings is 1. The fourth-order valence-electron chi connectivity index (χ4n) is 3.07. The zero-order valence-corrected chi connectivity index (χ0v) is 17.9. The molecule has 1 aromatic heterocycles. The van der Waals surface area contributed by atoms with E-state index in [0.29, 0.717) is 28.7 Å². The van der Waals surface area contributed by atoms with Crippen molar-refractivity contribution >= 4 is 35.2 Å². The number of fused-ring (bicyclic) bond motifs is 1. The number of carbonyl (C=O) groups excluding carboxylic acids is 1. The van der Waals surface area contributed by atoms with Crippen molar-refractivity contribution in [3.8, 4) is 0 Å². The number of amides is 2. The first kappa shape index (κ1) is 23.4. The van der Waals surface area contributed by atoms with Gasteiger partial charge in [-0.2, -0.15) is 13.2 Å². The van der Waals surface area contributed by atoms with Crippen molar-refractivity contribution in [2.45, 2.75) is 38.1 Å². The molecule has 0 saturated carbocycles. The summed E-state index contributed by atoms with van der Waals surface area (Å²) in [6.07, 6.45) is -2.75. The number of nitrogens with one attached hydrogen (secondary N) is 2. The summed E-state index contributed by atoms with van der Waals surface area (Å²) in [5.41, 5.74) is 1.97. The number of rotatable bonds is 5. The third-order valence-electron chi connectivity index (χ3n) is 4.90. The van der Waals surface area contributed by atoms with E-state index in [1.54, 1.807) is 25.1 Å². The third-order valence-corrected chi connectivity index (χ3v) is 5.64. The Labute approximate surface area is 186 Å². The Bertz CT molecular complexity index is 961. The van der Waals surface area contributed by atoms with Crippen LogP contribution in [0, 0.1) is 0 Å². The molecular weight excluding hydrogens is 458 g/mol. The highest BCUT2D eigenvalue weighted by Crippen LogP contribution is 2.26. The van der Waals surface area contributed by atoms with Crippen molar-refractivity contribution in [3.05, 3.63) is 51.3 Å². The van der Waals surface area contributed by atoms with Gasteiger partial charge in [0.1, 0.15) is 6.04 Å². The molecule has 3 N–H and O–H groups in total. The van der Waals surface area contributed by atoms with Crippen LogP contribution in [0.3, 0.4) is 0 Å². The smallest absolute Gasteiger partial charge is 0.394 e. The standard InChI is InChI=1S/C19H20Cl2F3N5O2/c1-10(11-2-3-13(20)14(21)6-11)26-18(31)29-5-4-12-7-25-17(27-15(12)8-29)28-16(9-30)19(22,23)24/h2-3,6-7,10,16,30H,4-5,8-9H2,1H3,(H,26,31)(H,25,27,28). The van der Waals surface area contributed by atoms with Gasteiger partial charge in [-0.1, -0.05) is 29.3 Å². The number of alkyl halides is 3. The van der Waals surface area contributed by atoms with Crippen molar-refractivity contribution in [1.29, 1.82) is 0 Å². The number of anilines is 1. The highest BCUT2D eigenvalue weighted by molar-refractivity contribution is 6.42. The van der Waals surface area contributed by atoms with E-state index < -0.39 is 18.8 Å². The van der Waals surface area contributed by atoms with E-state index in [1.165, 1.54) is 11.1 Å². The highest BCUT2D eigenvalue weighted by Gasteiger charge is 2.39. The molecule has 12 heteroatoms. The van der Waals surface area contributed by atoms with Crippen LogP contribution in [-0.2, 0) is 13.0 Å². The van der Waals surface area contributed by atoms with Gasteiger partial charge >= 0.3 is 12.2 Å². The number of hydrogen-bond donors (Lipinski definition) is 3. The molecule has 3 rings (SSSR count). The Kier molecular flexibility index (Phi) is 7.13. The second kappa shape index (κ2) is 9.46. The molecule has 0 saturated heterocycles. The summed E-state index contributed by atoms with van der Waals surface area (Å²) in [6, 6.07) is 2.20. The molecule has 168 valence electrons. The van der Waals surface area contributed by atoms with Crippen LogP contribution in [0.4, 0.5) is 23.9 Å². The van der Waals surface area contributed by atoms with Gasteiger partial charge in [-0.3, -0.25) is 0 Å². The average molecular weight is 478 g/mol. The van der Waals surface area contributed by atoms with Crippen LogP contribution < -0.4 is 10.6 Å². The van der Waals surface area contributed by atoms with Gasteiger partial charge in [-0.25, -0.2) is 14.8 Å². The fraction of sp³-hybridized carbons (Fsp3) is 0.421. The largest absolute Gasteiger partial charge is 0.410 e. The Hall–Kier alpha value is -2.30. The second-order valence-electron chi connectivity index (χ2n) is 7.10. The van der Waals surface area contributed by atoms with Crippen molar-refractivity contribution in [3.63, 3.8) is 0 Å². The molecule has 2 amide bonds. The van der Waals surface area contributed by atoms with Crippen molar-refractivity contribution < 1.29 is 23.1 Å². The summed E-state index contributed by atoms with van der Waals surface area (Å²) in [4.78, 5) is 22.2. The molecule has 31 heavy (non-hydrogen) atoms. The van der Waals surface area contributed by atoms with Gasteiger partial charge in [0.15, 0.2) is 0 Å². The van der Waals surface area contributed by atoms with Crippen LogP contribution >= 0.6 is 23.2 Å². The lowest BCUT2D eigenvalue weighted by atomic mass is 10.1. The average Bonchev–Trinajstić information content (AvgIpc) is 2.72. The van der Waals surface area contributed by atoms with Gasteiger partial charge < -0.3 is 20.6 Å². The van der Waals surface area contributed by atoms with Gasteiger partial charge in [-0.05, 0) is 36.6 Å². The zero-order chi connectivity index (χ0) is 22.8. The number of aromatic nitrogens is 2. The number of aliphatic hydroxyl groups is 1. The van der Waals surface area contributed by atoms with Crippen molar-refractivity contribution in [1.82, 2.24) is 20.2 Å². The summed E-state index contributed by atoms with van der Waals surface area (Å²) in [6.45, 7) is 1.17. The summed E-state index contributed by atoms with van der Waals surface area (Å²) in [5, 5.41) is 14.7. The number of halogens is 5. The number of nitrogens with zero attached hydrogens (tertiary/aromatic N) is 3. The third kappa shape index (κ3) is 5.69. The first-order chi connectivity index (χ1) is 14.6. The Morgan fingerprint density at radius 3 is 2.71 bits per heavy atom. The topological polar surface area (TPSA) is 90.4 Å². The van der Waals surface area contributed by atoms with E-state index in [9.17, 15) is 18.0 Å². The summed E-state index contributed by atoms with van der Waals surface area (Å²) >= 11 is 11.9. The fourth-order valence-corrected chi connectivity index (χ4v) is 3.38. The molecule has 1 aliphatic rings. The first-order valence-corrected chi connectivity index (χ1v) is 10.1. The van der Waals surface area contributed by atoms with Crippen LogP contribution in [0.25, 0.3) is 0 Å². The maximum atomic E-state index is 12.9. The van der Waals surface area contributed by atoms with E-state index in [-0.39, 0.29) is 24.6 Å². The molecule has 0 bridgehead atoms. The number of aliphatic hydroxyl groups excluding tert-OH is 1. The van der Waals surface area contributed by atoms with Crippen molar-refractivity contribution in [2.24, 2.45) is 0 Å². The van der Waals surface area contributed by atoms with E-state index >= 15 is 0 Å². The van der Waals surface area contributed by atoms with Gasteiger partial charge in [0.25, 0.3) is 0 Å². The van der Waals surface area contributed by atoms with E-state index in [2.05, 4.69) is 20.6 Å². The summed E-state index contributed by atoms with van der Waals surface area (Å²) in [5.74, 6) is -0.262. The SMILES string of the molecule is CC(NC(=O)N1CCc2cnc(NC(CO)C(F)(F)F)nc2C1)c1ccc(Cl)c(Cl)c1. The molecule has 0 spiro atoms. The monoisotopic (exact) mass is 477 g/mol. The Balaban J connectivity index is 1.67. The quantitative estimate of drug-likeness (QED) is 0.606. The number of carbonyl (C=O) groups is 1. The van der Waals surface area contributed by atoms with Crippen LogP contribution in [0.15, 0.2) is 24.4 Å². The minimum absolute atomic E-state index is 0.113.